The van der Waals surface area contributed by atoms with Crippen LogP contribution in [0.3, 0.4) is 0 Å². The fraction of sp³-hybridized carbons (Fsp3) is 0.115. The fourth-order valence-electron chi connectivity index (χ4n) is 3.90. The molecular formula is C26H22N4O2. The summed E-state index contributed by atoms with van der Waals surface area (Å²) in [5, 5.41) is 10.3. The van der Waals surface area contributed by atoms with Gasteiger partial charge in [-0.15, -0.1) is 0 Å². The molecule has 158 valence electrons. The topological polar surface area (TPSA) is 83.8 Å². The lowest BCUT2D eigenvalue weighted by Crippen LogP contribution is -2.14. The lowest BCUT2D eigenvalue weighted by molar-refractivity contribution is 0.102. The van der Waals surface area contributed by atoms with Crippen LogP contribution in [0, 0.1) is 20.8 Å². The fourth-order valence-corrected chi connectivity index (χ4v) is 3.90. The summed E-state index contributed by atoms with van der Waals surface area (Å²) in [5.41, 5.74) is 8.41. The van der Waals surface area contributed by atoms with Crippen molar-refractivity contribution < 1.29 is 9.21 Å². The number of fused-ring (bicyclic) bond motifs is 1. The van der Waals surface area contributed by atoms with Gasteiger partial charge in [0.05, 0.1) is 5.56 Å². The van der Waals surface area contributed by atoms with Gasteiger partial charge in [-0.3, -0.25) is 9.89 Å². The number of aromatic amines is 1. The van der Waals surface area contributed by atoms with Gasteiger partial charge in [-0.25, -0.2) is 4.98 Å². The normalized spacial score (nSPS) is 11.1. The van der Waals surface area contributed by atoms with Crippen molar-refractivity contribution in [2.24, 2.45) is 0 Å². The van der Waals surface area contributed by atoms with Crippen molar-refractivity contribution in [3.05, 3.63) is 89.1 Å². The molecule has 0 fully saturated rings. The summed E-state index contributed by atoms with van der Waals surface area (Å²) in [6, 6.07) is 19.4. The molecular weight excluding hydrogens is 400 g/mol. The third kappa shape index (κ3) is 3.56. The van der Waals surface area contributed by atoms with Crippen molar-refractivity contribution >= 4 is 22.7 Å². The quantitative estimate of drug-likeness (QED) is 0.369. The van der Waals surface area contributed by atoms with Crippen LogP contribution < -0.4 is 5.32 Å². The standard InChI is InChI=1S/C26H22N4O2/c1-15-7-12-21-22(13-15)32-26(29-21)20-14-27-30-24(20)18-8-10-19(11-9-18)28-25(31)23-16(2)5-4-6-17(23)3/h4-14H,1-3H3,(H,27,30)(H,28,31). The lowest BCUT2D eigenvalue weighted by atomic mass is 10.0. The first-order valence-corrected chi connectivity index (χ1v) is 10.4. The molecule has 2 N–H and O–H groups in total. The van der Waals surface area contributed by atoms with Crippen LogP contribution in [0.15, 0.2) is 71.3 Å². The van der Waals surface area contributed by atoms with Crippen LogP contribution in [0.5, 0.6) is 0 Å². The van der Waals surface area contributed by atoms with Gasteiger partial charge in [-0.05, 0) is 61.7 Å². The molecule has 0 spiro atoms. The summed E-state index contributed by atoms with van der Waals surface area (Å²) in [5.74, 6) is 0.400. The highest BCUT2D eigenvalue weighted by Crippen LogP contribution is 2.32. The number of rotatable bonds is 4. The van der Waals surface area contributed by atoms with Crippen LogP contribution in [-0.4, -0.2) is 21.1 Å². The van der Waals surface area contributed by atoms with Crippen molar-refractivity contribution in [1.82, 2.24) is 15.2 Å². The van der Waals surface area contributed by atoms with Gasteiger partial charge in [0.1, 0.15) is 11.2 Å². The molecule has 5 rings (SSSR count). The molecule has 32 heavy (non-hydrogen) atoms. The number of aryl methyl sites for hydroxylation is 3. The maximum Gasteiger partial charge on any atom is 0.256 e. The van der Waals surface area contributed by atoms with E-state index in [1.807, 2.05) is 81.4 Å². The molecule has 2 aromatic heterocycles. The van der Waals surface area contributed by atoms with E-state index in [1.165, 1.54) is 0 Å². The van der Waals surface area contributed by atoms with E-state index in [0.717, 1.165) is 50.3 Å². The highest BCUT2D eigenvalue weighted by Gasteiger charge is 2.17. The van der Waals surface area contributed by atoms with Crippen LogP contribution in [0.1, 0.15) is 27.0 Å². The third-order valence-electron chi connectivity index (χ3n) is 5.54. The van der Waals surface area contributed by atoms with Crippen LogP contribution in [0.25, 0.3) is 33.8 Å². The van der Waals surface area contributed by atoms with Gasteiger partial charge in [-0.1, -0.05) is 36.4 Å². The Morgan fingerprint density at radius 2 is 1.72 bits per heavy atom. The van der Waals surface area contributed by atoms with Crippen LogP contribution in [0.2, 0.25) is 0 Å². The van der Waals surface area contributed by atoms with E-state index < -0.39 is 0 Å². The van der Waals surface area contributed by atoms with Crippen molar-refractivity contribution in [2.75, 3.05) is 5.32 Å². The summed E-state index contributed by atoms with van der Waals surface area (Å²) in [7, 11) is 0. The van der Waals surface area contributed by atoms with E-state index in [2.05, 4.69) is 20.5 Å². The van der Waals surface area contributed by atoms with Crippen LogP contribution in [-0.2, 0) is 0 Å². The predicted octanol–water partition coefficient (Wildman–Crippen LogP) is 6.06. The summed E-state index contributed by atoms with van der Waals surface area (Å²) in [6.07, 6.45) is 1.78. The molecule has 6 heteroatoms. The van der Waals surface area contributed by atoms with Gasteiger partial charge in [0.25, 0.3) is 5.91 Å². The number of oxazole rings is 1. The number of carbonyl (C=O) groups is 1. The molecule has 0 radical (unpaired) electrons. The number of nitrogens with zero attached hydrogens (tertiary/aromatic N) is 2. The van der Waals surface area contributed by atoms with Gasteiger partial charge in [0, 0.05) is 23.0 Å². The maximum absolute atomic E-state index is 12.8. The third-order valence-corrected chi connectivity index (χ3v) is 5.54. The number of carbonyl (C=O) groups excluding carboxylic acids is 1. The van der Waals surface area contributed by atoms with Crippen molar-refractivity contribution in [2.45, 2.75) is 20.8 Å². The monoisotopic (exact) mass is 422 g/mol. The van der Waals surface area contributed by atoms with E-state index in [1.54, 1.807) is 6.20 Å². The highest BCUT2D eigenvalue weighted by molar-refractivity contribution is 6.06. The summed E-state index contributed by atoms with van der Waals surface area (Å²) >= 11 is 0. The Kier molecular flexibility index (Phi) is 4.82. The molecule has 0 aliphatic carbocycles. The van der Waals surface area contributed by atoms with Gasteiger partial charge in [0.15, 0.2) is 5.58 Å². The molecule has 1 amide bonds. The highest BCUT2D eigenvalue weighted by atomic mass is 16.3. The SMILES string of the molecule is Cc1ccc2nc(-c3c[nH]nc3-c3ccc(NC(=O)c4c(C)cccc4C)cc3)oc2c1. The van der Waals surface area contributed by atoms with E-state index in [0.29, 0.717) is 11.5 Å². The zero-order valence-electron chi connectivity index (χ0n) is 18.1. The van der Waals surface area contributed by atoms with Crippen LogP contribution in [0.4, 0.5) is 5.69 Å². The van der Waals surface area contributed by atoms with Crippen molar-refractivity contribution in [1.29, 1.82) is 0 Å². The zero-order valence-corrected chi connectivity index (χ0v) is 18.1. The number of aromatic nitrogens is 3. The van der Waals surface area contributed by atoms with E-state index in [4.69, 9.17) is 4.42 Å². The minimum atomic E-state index is -0.115. The maximum atomic E-state index is 12.8. The van der Waals surface area contributed by atoms with Gasteiger partial charge >= 0.3 is 0 Å². The number of hydrogen-bond acceptors (Lipinski definition) is 4. The number of anilines is 1. The molecule has 3 aromatic carbocycles. The Balaban J connectivity index is 1.41. The second kappa shape index (κ2) is 7.81. The minimum absolute atomic E-state index is 0.115. The number of nitrogens with one attached hydrogen (secondary N) is 2. The largest absolute Gasteiger partial charge is 0.436 e. The zero-order chi connectivity index (χ0) is 22.2. The smallest absolute Gasteiger partial charge is 0.256 e. The summed E-state index contributed by atoms with van der Waals surface area (Å²) < 4.78 is 5.98. The average molecular weight is 422 g/mol. The summed E-state index contributed by atoms with van der Waals surface area (Å²) in [4.78, 5) is 17.4. The molecule has 6 nitrogen and oxygen atoms in total. The van der Waals surface area contributed by atoms with E-state index in [-0.39, 0.29) is 5.91 Å². The Labute approximate surface area is 185 Å². The molecule has 0 saturated carbocycles. The van der Waals surface area contributed by atoms with Gasteiger partial charge < -0.3 is 9.73 Å². The van der Waals surface area contributed by atoms with E-state index >= 15 is 0 Å². The average Bonchev–Trinajstić information content (AvgIpc) is 3.40. The molecule has 5 aromatic rings. The lowest BCUT2D eigenvalue weighted by Gasteiger charge is -2.11. The van der Waals surface area contributed by atoms with Crippen LogP contribution >= 0.6 is 0 Å². The second-order valence-corrected chi connectivity index (χ2v) is 7.94. The molecule has 0 bridgehead atoms. The van der Waals surface area contributed by atoms with Gasteiger partial charge in [-0.2, -0.15) is 5.10 Å². The van der Waals surface area contributed by atoms with Gasteiger partial charge in [0.2, 0.25) is 5.89 Å². The summed E-state index contributed by atoms with van der Waals surface area (Å²) in [6.45, 7) is 5.90. The molecule has 0 aliphatic heterocycles. The first-order chi connectivity index (χ1) is 15.5. The molecule has 0 saturated heterocycles. The minimum Gasteiger partial charge on any atom is -0.436 e. The van der Waals surface area contributed by atoms with E-state index in [9.17, 15) is 4.79 Å². The van der Waals surface area contributed by atoms with Crippen molar-refractivity contribution in [3.63, 3.8) is 0 Å². The second-order valence-electron chi connectivity index (χ2n) is 7.94. The molecule has 0 aliphatic rings. The number of hydrogen-bond donors (Lipinski definition) is 2. The molecule has 0 unspecified atom stereocenters. The Morgan fingerprint density at radius 1 is 0.969 bits per heavy atom. The first-order valence-electron chi connectivity index (χ1n) is 10.4. The first kappa shape index (κ1) is 19.8. The number of amides is 1. The molecule has 2 heterocycles. The predicted molar refractivity (Wildman–Crippen MR) is 126 cm³/mol. The number of benzene rings is 3. The molecule has 0 atom stereocenters. The Bertz CT molecular complexity index is 1420. The number of H-pyrrole nitrogens is 1. The van der Waals surface area contributed by atoms with Crippen molar-refractivity contribution in [3.8, 4) is 22.7 Å². The Hall–Kier alpha value is -4.19. The Morgan fingerprint density at radius 3 is 2.47 bits per heavy atom.